The monoisotopic (exact) mass is 362 g/mol. The van der Waals surface area contributed by atoms with E-state index >= 15 is 0 Å². The number of carbonyl (C=O) groups is 2. The number of nitrogens with one attached hydrogen (secondary N) is 1. The lowest BCUT2D eigenvalue weighted by atomic mass is 10.1. The average Bonchev–Trinajstić information content (AvgIpc) is 2.66. The second-order valence-electron chi connectivity index (χ2n) is 6.61. The largest absolute Gasteiger partial charge is 0.450 e. The van der Waals surface area contributed by atoms with Gasteiger partial charge in [-0.2, -0.15) is 0 Å². The molecule has 0 unspecified atom stereocenters. The van der Waals surface area contributed by atoms with Crippen LogP contribution >= 0.6 is 0 Å². The van der Waals surface area contributed by atoms with Crippen LogP contribution in [-0.2, 0) is 4.74 Å². The number of aromatic nitrogens is 1. The maximum absolute atomic E-state index is 12.5. The van der Waals surface area contributed by atoms with Gasteiger partial charge in [-0.3, -0.25) is 4.79 Å². The summed E-state index contributed by atoms with van der Waals surface area (Å²) in [5.74, 6) is 0.718. The Bertz CT molecular complexity index is 600. The number of piperidine rings is 1. The number of nitrogens with zero attached hydrogens (tertiary/aromatic N) is 3. The van der Waals surface area contributed by atoms with Crippen LogP contribution in [0.4, 0.5) is 10.6 Å². The number of unbranched alkanes of at least 4 members (excludes halogenated alkanes) is 1. The third kappa shape index (κ3) is 5.61. The van der Waals surface area contributed by atoms with E-state index in [0.29, 0.717) is 31.1 Å². The van der Waals surface area contributed by atoms with Crippen molar-refractivity contribution in [1.82, 2.24) is 14.8 Å². The van der Waals surface area contributed by atoms with Gasteiger partial charge in [0.05, 0.1) is 6.61 Å². The normalized spacial score (nSPS) is 14.8. The fourth-order valence-corrected chi connectivity index (χ4v) is 2.99. The van der Waals surface area contributed by atoms with Crippen molar-refractivity contribution in [2.24, 2.45) is 0 Å². The summed E-state index contributed by atoms with van der Waals surface area (Å²) < 4.78 is 5.04. The minimum atomic E-state index is -0.244. The zero-order valence-electron chi connectivity index (χ0n) is 16.0. The Morgan fingerprint density at radius 2 is 2.08 bits per heavy atom. The summed E-state index contributed by atoms with van der Waals surface area (Å²) >= 11 is 0. The molecule has 0 bridgehead atoms. The molecule has 2 rings (SSSR count). The molecule has 2 amide bonds. The van der Waals surface area contributed by atoms with Gasteiger partial charge in [0, 0.05) is 44.5 Å². The Labute approximate surface area is 155 Å². The van der Waals surface area contributed by atoms with Gasteiger partial charge in [0.25, 0.3) is 5.91 Å². The molecule has 1 fully saturated rings. The van der Waals surface area contributed by atoms with Crippen LogP contribution in [0.5, 0.6) is 0 Å². The first kappa shape index (κ1) is 20.0. The van der Waals surface area contributed by atoms with Crippen LogP contribution < -0.4 is 5.32 Å². The van der Waals surface area contributed by atoms with E-state index in [9.17, 15) is 9.59 Å². The van der Waals surface area contributed by atoms with Crippen molar-refractivity contribution in [3.05, 3.63) is 23.9 Å². The molecule has 0 saturated carbocycles. The fraction of sp³-hybridized carbons (Fsp3) is 0.632. The molecule has 26 heavy (non-hydrogen) atoms. The van der Waals surface area contributed by atoms with E-state index in [-0.39, 0.29) is 18.0 Å². The second-order valence-corrected chi connectivity index (χ2v) is 6.61. The Balaban J connectivity index is 1.89. The molecule has 1 aliphatic rings. The molecule has 0 spiro atoms. The smallest absolute Gasteiger partial charge is 0.409 e. The van der Waals surface area contributed by atoms with Crippen LogP contribution in [0.25, 0.3) is 0 Å². The maximum atomic E-state index is 12.5. The van der Waals surface area contributed by atoms with E-state index in [1.165, 1.54) is 0 Å². The third-order valence-corrected chi connectivity index (χ3v) is 4.57. The van der Waals surface area contributed by atoms with Crippen molar-refractivity contribution in [3.8, 4) is 0 Å². The Hall–Kier alpha value is -2.31. The molecule has 0 atom stereocenters. The molecule has 144 valence electrons. The summed E-state index contributed by atoms with van der Waals surface area (Å²) in [6.07, 6.45) is 5.14. The highest BCUT2D eigenvalue weighted by Gasteiger charge is 2.24. The van der Waals surface area contributed by atoms with E-state index in [1.54, 1.807) is 22.1 Å². The van der Waals surface area contributed by atoms with E-state index in [4.69, 9.17) is 4.74 Å². The zero-order valence-corrected chi connectivity index (χ0v) is 16.0. The standard InChI is InChI=1S/C19H30N4O3/c1-4-6-11-22(3)18(24)15-7-10-20-17(14-15)21-16-8-12-23(13-9-16)19(25)26-5-2/h7,10,14,16H,4-6,8-9,11-13H2,1-3H3,(H,20,21). The number of likely N-dealkylation sites (tertiary alicyclic amines) is 1. The number of anilines is 1. The van der Waals surface area contributed by atoms with E-state index in [2.05, 4.69) is 17.2 Å². The Morgan fingerprint density at radius 3 is 2.73 bits per heavy atom. The van der Waals surface area contributed by atoms with Gasteiger partial charge >= 0.3 is 6.09 Å². The lowest BCUT2D eigenvalue weighted by Crippen LogP contribution is -2.42. The molecule has 0 radical (unpaired) electrons. The lowest BCUT2D eigenvalue weighted by Gasteiger charge is -2.31. The summed E-state index contributed by atoms with van der Waals surface area (Å²) in [5, 5.41) is 3.39. The molecular formula is C19H30N4O3. The highest BCUT2D eigenvalue weighted by Crippen LogP contribution is 2.17. The van der Waals surface area contributed by atoms with Gasteiger partial charge in [-0.15, -0.1) is 0 Å². The van der Waals surface area contributed by atoms with E-state index < -0.39 is 0 Å². The predicted molar refractivity (Wildman–Crippen MR) is 101 cm³/mol. The molecule has 0 aliphatic carbocycles. The van der Waals surface area contributed by atoms with Gasteiger partial charge in [0.2, 0.25) is 0 Å². The predicted octanol–water partition coefficient (Wildman–Crippen LogP) is 2.99. The molecule has 1 aromatic heterocycles. The topological polar surface area (TPSA) is 74.8 Å². The van der Waals surface area contributed by atoms with Crippen LogP contribution in [0.1, 0.15) is 49.9 Å². The van der Waals surface area contributed by atoms with E-state index in [0.717, 1.165) is 32.2 Å². The average molecular weight is 362 g/mol. The summed E-state index contributed by atoms with van der Waals surface area (Å²) in [6, 6.07) is 3.79. The fourth-order valence-electron chi connectivity index (χ4n) is 2.99. The summed E-state index contributed by atoms with van der Waals surface area (Å²) in [5.41, 5.74) is 0.644. The number of hydrogen-bond donors (Lipinski definition) is 1. The minimum Gasteiger partial charge on any atom is -0.450 e. The molecule has 7 heteroatoms. The van der Waals surface area contributed by atoms with Crippen molar-refractivity contribution in [1.29, 1.82) is 0 Å². The molecule has 1 aromatic rings. The lowest BCUT2D eigenvalue weighted by molar-refractivity contribution is 0.0793. The second kappa shape index (κ2) is 9.99. The van der Waals surface area contributed by atoms with Crippen LogP contribution in [0, 0.1) is 0 Å². The molecule has 1 N–H and O–H groups in total. The summed E-state index contributed by atoms with van der Waals surface area (Å²) in [4.78, 5) is 32.1. The molecule has 1 aliphatic heterocycles. The Morgan fingerprint density at radius 1 is 1.35 bits per heavy atom. The van der Waals surface area contributed by atoms with Gasteiger partial charge in [0.15, 0.2) is 0 Å². The maximum Gasteiger partial charge on any atom is 0.409 e. The van der Waals surface area contributed by atoms with Gasteiger partial charge in [-0.05, 0) is 38.3 Å². The quantitative estimate of drug-likeness (QED) is 0.807. The minimum absolute atomic E-state index is 0.0148. The van der Waals surface area contributed by atoms with Gasteiger partial charge in [0.1, 0.15) is 5.82 Å². The number of pyridine rings is 1. The van der Waals surface area contributed by atoms with Crippen molar-refractivity contribution >= 4 is 17.8 Å². The van der Waals surface area contributed by atoms with Gasteiger partial charge in [-0.1, -0.05) is 13.3 Å². The summed E-state index contributed by atoms with van der Waals surface area (Å²) in [7, 11) is 1.83. The van der Waals surface area contributed by atoms with Crippen LogP contribution in [0.3, 0.4) is 0 Å². The first-order chi connectivity index (χ1) is 12.5. The molecule has 2 heterocycles. The first-order valence-electron chi connectivity index (χ1n) is 9.44. The number of ether oxygens (including phenoxy) is 1. The summed E-state index contributed by atoms with van der Waals surface area (Å²) in [6.45, 7) is 6.40. The van der Waals surface area contributed by atoms with Crippen molar-refractivity contribution in [2.75, 3.05) is 38.6 Å². The SMILES string of the molecule is CCCCN(C)C(=O)c1ccnc(NC2CCN(C(=O)OCC)CC2)c1. The number of hydrogen-bond acceptors (Lipinski definition) is 5. The Kier molecular flexibility index (Phi) is 7.69. The number of carbonyl (C=O) groups excluding carboxylic acids is 2. The van der Waals surface area contributed by atoms with Gasteiger partial charge < -0.3 is 19.9 Å². The van der Waals surface area contributed by atoms with Crippen LogP contribution in [-0.4, -0.2) is 66.1 Å². The van der Waals surface area contributed by atoms with Crippen molar-refractivity contribution < 1.29 is 14.3 Å². The highest BCUT2D eigenvalue weighted by molar-refractivity contribution is 5.94. The van der Waals surface area contributed by atoms with E-state index in [1.807, 2.05) is 20.0 Å². The molecule has 0 aromatic carbocycles. The van der Waals surface area contributed by atoms with Gasteiger partial charge in [-0.25, -0.2) is 9.78 Å². The third-order valence-electron chi connectivity index (χ3n) is 4.57. The van der Waals surface area contributed by atoms with Crippen molar-refractivity contribution in [2.45, 2.75) is 45.6 Å². The highest BCUT2D eigenvalue weighted by atomic mass is 16.6. The first-order valence-corrected chi connectivity index (χ1v) is 9.44. The molecule has 7 nitrogen and oxygen atoms in total. The van der Waals surface area contributed by atoms with Crippen molar-refractivity contribution in [3.63, 3.8) is 0 Å². The number of rotatable bonds is 7. The zero-order chi connectivity index (χ0) is 18.9. The van der Waals surface area contributed by atoms with Crippen LogP contribution in [0.15, 0.2) is 18.3 Å². The molecular weight excluding hydrogens is 332 g/mol. The number of amides is 2. The van der Waals surface area contributed by atoms with Crippen LogP contribution in [0.2, 0.25) is 0 Å². The molecule has 1 saturated heterocycles.